The minimum Gasteiger partial charge on any atom is -0.545 e. The van der Waals surface area contributed by atoms with Gasteiger partial charge in [-0.3, -0.25) is 0 Å². The molecule has 0 fully saturated rings. The van der Waals surface area contributed by atoms with E-state index in [1.54, 1.807) is 0 Å². The van der Waals surface area contributed by atoms with Crippen LogP contribution in [0.4, 0.5) is 13.2 Å². The van der Waals surface area contributed by atoms with Crippen LogP contribution in [0.25, 0.3) is 6.08 Å². The quantitative estimate of drug-likeness (QED) is 0.701. The summed E-state index contributed by atoms with van der Waals surface area (Å²) in [5, 5.41) is 11.5. The smallest absolute Gasteiger partial charge is 0.545 e. The number of carbonyl (C=O) groups excluding carboxylic acids is 1. The van der Waals surface area contributed by atoms with E-state index in [0.717, 1.165) is 12.1 Å². The summed E-state index contributed by atoms with van der Waals surface area (Å²) in [6.45, 7) is 0. The molecule has 9 heteroatoms. The number of halogens is 4. The molecule has 1 aliphatic rings. The number of hydrogen-bond acceptors (Lipinski definition) is 4. The summed E-state index contributed by atoms with van der Waals surface area (Å²) in [6.07, 6.45) is -4.39. The molecule has 0 saturated heterocycles. The van der Waals surface area contributed by atoms with E-state index < -0.39 is 23.5 Å². The van der Waals surface area contributed by atoms with Gasteiger partial charge in [-0.25, -0.2) is 0 Å². The molecular formula is C17H9ClF3NaO4. The molecular weight excluding hydrogens is 384 g/mol. The summed E-state index contributed by atoms with van der Waals surface area (Å²) in [7, 11) is 0. The molecule has 0 aromatic heterocycles. The summed E-state index contributed by atoms with van der Waals surface area (Å²) in [4.78, 5) is 11.4. The number of aliphatic carboxylic acids is 1. The fraction of sp³-hybridized carbons (Fsp3) is 0.118. The number of hydrogen-bond donors (Lipinski definition) is 0. The zero-order chi connectivity index (χ0) is 18.2. The van der Waals surface area contributed by atoms with E-state index in [0.29, 0.717) is 0 Å². The molecule has 0 radical (unpaired) electrons. The summed E-state index contributed by atoms with van der Waals surface area (Å²) < 4.78 is 51.6. The van der Waals surface area contributed by atoms with Gasteiger partial charge in [-0.15, -0.1) is 0 Å². The van der Waals surface area contributed by atoms with Crippen LogP contribution in [0.2, 0.25) is 5.02 Å². The van der Waals surface area contributed by atoms with Gasteiger partial charge in [0.1, 0.15) is 11.5 Å². The van der Waals surface area contributed by atoms with Gasteiger partial charge in [-0.05, 0) is 30.3 Å². The fourth-order valence-electron chi connectivity index (χ4n) is 2.39. The Morgan fingerprint density at radius 2 is 1.85 bits per heavy atom. The summed E-state index contributed by atoms with van der Waals surface area (Å²) in [6, 6.07) is 10.8. The maximum absolute atomic E-state index is 13.9. The van der Waals surface area contributed by atoms with Gasteiger partial charge in [0.05, 0.1) is 11.5 Å². The van der Waals surface area contributed by atoms with E-state index in [-0.39, 0.29) is 51.6 Å². The molecule has 1 unspecified atom stereocenters. The zero-order valence-electron chi connectivity index (χ0n) is 13.3. The van der Waals surface area contributed by atoms with Crippen molar-refractivity contribution in [1.82, 2.24) is 0 Å². The van der Waals surface area contributed by atoms with E-state index in [1.165, 1.54) is 42.5 Å². The van der Waals surface area contributed by atoms with Gasteiger partial charge in [-0.1, -0.05) is 35.9 Å². The molecule has 1 aliphatic heterocycles. The van der Waals surface area contributed by atoms with Crippen molar-refractivity contribution in [2.45, 2.75) is 12.0 Å². The number of rotatable bonds is 3. The number of benzene rings is 2. The zero-order valence-corrected chi connectivity index (χ0v) is 16.1. The summed E-state index contributed by atoms with van der Waals surface area (Å²) in [5.41, 5.74) is -1.03. The molecule has 1 atom stereocenters. The van der Waals surface area contributed by atoms with Gasteiger partial charge in [0, 0.05) is 10.6 Å². The normalized spacial score (nSPS) is 18.7. The molecule has 1 heterocycles. The summed E-state index contributed by atoms with van der Waals surface area (Å²) >= 11 is 5.76. The molecule has 2 aromatic carbocycles. The third-order valence-electron chi connectivity index (χ3n) is 3.48. The first kappa shape index (κ1) is 20.6. The van der Waals surface area contributed by atoms with Crippen LogP contribution in [0.15, 0.2) is 54.1 Å². The Balaban J connectivity index is 0.00000243. The Morgan fingerprint density at radius 3 is 2.46 bits per heavy atom. The molecule has 0 amide bonds. The van der Waals surface area contributed by atoms with Crippen molar-refractivity contribution in [3.8, 4) is 11.5 Å². The Bertz CT molecular complexity index is 869. The molecule has 0 N–H and O–H groups in total. The Labute approximate surface area is 173 Å². The number of carboxylic acids is 1. The van der Waals surface area contributed by atoms with Crippen LogP contribution in [0, 0.1) is 0 Å². The molecule has 0 spiro atoms. The van der Waals surface area contributed by atoms with E-state index in [1.807, 2.05) is 0 Å². The van der Waals surface area contributed by atoms with Crippen LogP contribution in [0.1, 0.15) is 5.56 Å². The second-order valence-electron chi connectivity index (χ2n) is 5.16. The molecule has 0 saturated carbocycles. The van der Waals surface area contributed by atoms with Crippen molar-refractivity contribution < 1.29 is 62.1 Å². The molecule has 3 rings (SSSR count). The first-order chi connectivity index (χ1) is 11.7. The first-order valence-electron chi connectivity index (χ1n) is 6.96. The Morgan fingerprint density at radius 1 is 1.15 bits per heavy atom. The first-order valence-corrected chi connectivity index (χ1v) is 7.33. The van der Waals surface area contributed by atoms with Gasteiger partial charge < -0.3 is 19.4 Å². The van der Waals surface area contributed by atoms with Crippen molar-refractivity contribution in [1.29, 1.82) is 0 Å². The Hall–Kier alpha value is -1.67. The van der Waals surface area contributed by atoms with Crippen molar-refractivity contribution in [3.63, 3.8) is 0 Å². The maximum Gasteiger partial charge on any atom is 1.00 e. The van der Waals surface area contributed by atoms with E-state index in [4.69, 9.17) is 21.1 Å². The number of carboxylic acid groups (broad SMARTS) is 1. The van der Waals surface area contributed by atoms with Gasteiger partial charge in [0.2, 0.25) is 0 Å². The van der Waals surface area contributed by atoms with Crippen molar-refractivity contribution in [3.05, 3.63) is 64.7 Å². The molecule has 0 bridgehead atoms. The fourth-order valence-corrected chi connectivity index (χ4v) is 2.57. The van der Waals surface area contributed by atoms with Crippen LogP contribution in [0.3, 0.4) is 0 Å². The second-order valence-corrected chi connectivity index (χ2v) is 5.60. The van der Waals surface area contributed by atoms with Gasteiger partial charge in [-0.2, -0.15) is 13.2 Å². The van der Waals surface area contributed by atoms with Gasteiger partial charge in [0.15, 0.2) is 0 Å². The van der Waals surface area contributed by atoms with Gasteiger partial charge in [0.25, 0.3) is 0 Å². The number of ether oxygens (including phenoxy) is 2. The van der Waals surface area contributed by atoms with E-state index >= 15 is 0 Å². The van der Waals surface area contributed by atoms with Crippen LogP contribution in [-0.4, -0.2) is 17.9 Å². The molecule has 4 nitrogen and oxygen atoms in total. The predicted molar refractivity (Wildman–Crippen MR) is 80.9 cm³/mol. The molecule has 2 aromatic rings. The van der Waals surface area contributed by atoms with E-state index in [2.05, 4.69) is 0 Å². The van der Waals surface area contributed by atoms with Crippen LogP contribution >= 0.6 is 11.6 Å². The standard InChI is InChI=1S/C17H10ClF3O4.Na/c18-11-5-3-6-12(9-11)24-16(17(19,20)21)13(15(22)23)8-10-4-1-2-7-14(10)25-16;/h1-9H,(H,22,23);/q;+1/p-1. The third-order valence-corrected chi connectivity index (χ3v) is 3.71. The Kier molecular flexibility index (Phi) is 5.97. The number of carbonyl (C=O) groups is 1. The van der Waals surface area contributed by atoms with Crippen molar-refractivity contribution in [2.75, 3.05) is 0 Å². The SMILES string of the molecule is O=C([O-])C1=Cc2ccccc2OC1(Oc1cccc(Cl)c1)C(F)(F)F.[Na+]. The topological polar surface area (TPSA) is 58.6 Å². The number of para-hydroxylation sites is 1. The minimum absolute atomic E-state index is 0. The van der Waals surface area contributed by atoms with Gasteiger partial charge >= 0.3 is 41.5 Å². The maximum atomic E-state index is 13.9. The third kappa shape index (κ3) is 3.71. The number of alkyl halides is 3. The van der Waals surface area contributed by atoms with Crippen molar-refractivity contribution >= 4 is 23.6 Å². The molecule has 130 valence electrons. The average molecular weight is 393 g/mol. The van der Waals surface area contributed by atoms with E-state index in [9.17, 15) is 23.1 Å². The van der Waals surface area contributed by atoms with Crippen LogP contribution in [-0.2, 0) is 4.79 Å². The van der Waals surface area contributed by atoms with Crippen molar-refractivity contribution in [2.24, 2.45) is 0 Å². The number of fused-ring (bicyclic) bond motifs is 1. The van der Waals surface area contributed by atoms with Crippen LogP contribution in [0.5, 0.6) is 11.5 Å². The summed E-state index contributed by atoms with van der Waals surface area (Å²) in [5.74, 6) is -6.11. The minimum atomic E-state index is -5.21. The molecule has 0 aliphatic carbocycles. The van der Waals surface area contributed by atoms with Crippen LogP contribution < -0.4 is 44.1 Å². The largest absolute Gasteiger partial charge is 1.00 e. The average Bonchev–Trinajstić information content (AvgIpc) is 2.53. The second kappa shape index (κ2) is 7.52. The molecule has 26 heavy (non-hydrogen) atoms. The predicted octanol–water partition coefficient (Wildman–Crippen LogP) is 0.207. The monoisotopic (exact) mass is 392 g/mol.